The van der Waals surface area contributed by atoms with Crippen molar-refractivity contribution in [1.29, 1.82) is 0 Å². The van der Waals surface area contributed by atoms with Crippen LogP contribution in [0.5, 0.6) is 0 Å². The zero-order valence-corrected chi connectivity index (χ0v) is 15.0. The van der Waals surface area contributed by atoms with Gasteiger partial charge in [-0.15, -0.1) is 0 Å². The van der Waals surface area contributed by atoms with Gasteiger partial charge in [0.2, 0.25) is 0 Å². The number of hydrogen-bond acceptors (Lipinski definition) is 6. The topological polar surface area (TPSA) is 138 Å². The molecule has 0 aromatic carbocycles. The molecular formula is HB2FO6Zn3. The van der Waals surface area contributed by atoms with Gasteiger partial charge in [0.25, 0.3) is 0 Å². The maximum atomic E-state index is 8.42. The van der Waals surface area contributed by atoms with E-state index >= 15 is 0 Å². The van der Waals surface area contributed by atoms with E-state index in [1.165, 1.54) is 0 Å². The summed E-state index contributed by atoms with van der Waals surface area (Å²) in [5.74, 6) is 0. The summed E-state index contributed by atoms with van der Waals surface area (Å²) in [5, 5.41) is 50.5. The molecule has 0 fully saturated rings. The Hall–Kier alpha value is 1.69. The van der Waals surface area contributed by atoms with Gasteiger partial charge in [-0.1, -0.05) is 0 Å². The van der Waals surface area contributed by atoms with Gasteiger partial charge in [-0.3, -0.25) is 19.3 Å². The molecule has 0 atom stereocenters. The van der Waals surface area contributed by atoms with Crippen LogP contribution < -0.4 is 30.1 Å². The standard InChI is InChI=1S/2BO3.FH.3Zn/c2*2-1(3)4;;;;/h;;1H;;;/q2*-3;;3*+2. The molecule has 0 bridgehead atoms. The van der Waals surface area contributed by atoms with E-state index in [9.17, 15) is 0 Å². The molecule has 0 spiro atoms. The van der Waals surface area contributed by atoms with Crippen LogP contribution in [0.1, 0.15) is 0 Å². The van der Waals surface area contributed by atoms with E-state index in [-0.39, 0.29) is 63.1 Å². The molecule has 0 amide bonds. The van der Waals surface area contributed by atoms with E-state index in [0.717, 1.165) is 0 Å². The maximum absolute atomic E-state index is 8.42. The minimum Gasteiger partial charge on any atom is -0.907 e. The molecule has 0 aliphatic carbocycles. The van der Waals surface area contributed by atoms with Gasteiger partial charge in [-0.2, -0.15) is 0 Å². The third-order valence-electron chi connectivity index (χ3n) is 0. The van der Waals surface area contributed by atoms with E-state index in [0.29, 0.717) is 0 Å². The first-order valence-corrected chi connectivity index (χ1v) is 1.41. The maximum Gasteiger partial charge on any atom is 2.00 e. The Morgan fingerprint density at radius 2 is 0.500 bits per heavy atom. The Labute approximate surface area is 107 Å². The van der Waals surface area contributed by atoms with Gasteiger partial charge in [0.05, 0.1) is 0 Å². The summed E-state index contributed by atoms with van der Waals surface area (Å²) in [4.78, 5) is 0. The molecule has 0 aromatic rings. The smallest absolute Gasteiger partial charge is 0.907 e. The third kappa shape index (κ3) is 468. The van der Waals surface area contributed by atoms with Crippen molar-refractivity contribution < 1.29 is 93.3 Å². The van der Waals surface area contributed by atoms with Crippen LogP contribution in [-0.2, 0) is 58.4 Å². The number of hydrogen-bond donors (Lipinski definition) is 0. The van der Waals surface area contributed by atoms with Crippen molar-refractivity contribution in [2.75, 3.05) is 0 Å². The minimum absolute atomic E-state index is 0. The predicted octanol–water partition coefficient (Wildman–Crippen LogP) is -7.75. The Morgan fingerprint density at radius 1 is 0.500 bits per heavy atom. The Bertz CT molecular complexity index is 36.3. The van der Waals surface area contributed by atoms with Gasteiger partial charge in [0, 0.05) is 0 Å². The van der Waals surface area contributed by atoms with Crippen LogP contribution >= 0.6 is 0 Å². The molecule has 0 radical (unpaired) electrons. The fraction of sp³-hybridized carbons (Fsp3) is 0. The molecular weight excluding hydrogens is 333 g/mol. The first kappa shape index (κ1) is 37.3. The molecule has 0 aliphatic rings. The summed E-state index contributed by atoms with van der Waals surface area (Å²) in [7, 11) is -5.83. The summed E-state index contributed by atoms with van der Waals surface area (Å²) >= 11 is 0. The Balaban J connectivity index is -0.0000000112. The van der Waals surface area contributed by atoms with E-state index in [1.54, 1.807) is 0 Å². The van der Waals surface area contributed by atoms with Crippen molar-refractivity contribution >= 4 is 14.6 Å². The van der Waals surface area contributed by atoms with Crippen LogP contribution in [0.2, 0.25) is 0 Å². The minimum atomic E-state index is -2.92. The molecule has 0 saturated heterocycles. The molecule has 56 valence electrons. The van der Waals surface area contributed by atoms with Crippen LogP contribution in [-0.4, -0.2) is 14.6 Å². The van der Waals surface area contributed by atoms with Crippen LogP contribution in [0.4, 0.5) is 4.70 Å². The average molecular weight is 334 g/mol. The Kier molecular flexibility index (Phi) is 91.1. The van der Waals surface area contributed by atoms with Gasteiger partial charge in [0.1, 0.15) is 0 Å². The second-order valence-electron chi connectivity index (χ2n) is 0.577. The van der Waals surface area contributed by atoms with Crippen molar-refractivity contribution in [1.82, 2.24) is 0 Å². The van der Waals surface area contributed by atoms with Crippen molar-refractivity contribution in [2.45, 2.75) is 0 Å². The quantitative estimate of drug-likeness (QED) is 0.403. The van der Waals surface area contributed by atoms with Crippen molar-refractivity contribution in [3.8, 4) is 0 Å². The van der Waals surface area contributed by atoms with Gasteiger partial charge in [-0.25, -0.2) is 0 Å². The molecule has 0 rings (SSSR count). The SMILES string of the molecule is F.[O-]B([O-])[O-].[O-]B([O-])[O-].[Zn+2].[Zn+2].[Zn+2]. The van der Waals surface area contributed by atoms with Gasteiger partial charge in [-0.05, 0) is 0 Å². The molecule has 0 N–H and O–H groups in total. The van der Waals surface area contributed by atoms with Crippen LogP contribution in [0.25, 0.3) is 0 Å². The van der Waals surface area contributed by atoms with E-state index in [4.69, 9.17) is 30.1 Å². The summed E-state index contributed by atoms with van der Waals surface area (Å²) in [6.07, 6.45) is 0. The average Bonchev–Trinajstić information content (AvgIpc) is 1.25. The zero-order valence-electron chi connectivity index (χ0n) is 6.13. The zero-order chi connectivity index (χ0) is 7.15. The first-order valence-electron chi connectivity index (χ1n) is 1.41. The molecule has 12 heteroatoms. The van der Waals surface area contributed by atoms with Crippen LogP contribution in [0.15, 0.2) is 0 Å². The van der Waals surface area contributed by atoms with Crippen molar-refractivity contribution in [3.63, 3.8) is 0 Å². The summed E-state index contributed by atoms with van der Waals surface area (Å²) in [6, 6.07) is 0. The third-order valence-corrected chi connectivity index (χ3v) is 0. The molecule has 0 saturated carbocycles. The molecule has 0 unspecified atom stereocenters. The van der Waals surface area contributed by atoms with E-state index < -0.39 is 14.6 Å². The van der Waals surface area contributed by atoms with Gasteiger partial charge < -0.3 is 30.1 Å². The first-order chi connectivity index (χ1) is 3.46. The monoisotopic (exact) mass is 330 g/mol. The number of rotatable bonds is 0. The Morgan fingerprint density at radius 3 is 0.500 bits per heavy atom. The normalized spacial score (nSPS) is 4.50. The fourth-order valence-corrected chi connectivity index (χ4v) is 0. The predicted molar refractivity (Wildman–Crippen MR) is 14.0 cm³/mol. The molecule has 12 heavy (non-hydrogen) atoms. The van der Waals surface area contributed by atoms with Gasteiger partial charge >= 0.3 is 58.4 Å². The summed E-state index contributed by atoms with van der Waals surface area (Å²) < 4.78 is 0. The number of halogens is 1. The van der Waals surface area contributed by atoms with E-state index in [2.05, 4.69) is 0 Å². The van der Waals surface area contributed by atoms with Crippen LogP contribution in [0, 0.1) is 0 Å². The van der Waals surface area contributed by atoms with Crippen molar-refractivity contribution in [2.24, 2.45) is 0 Å². The summed E-state index contributed by atoms with van der Waals surface area (Å²) in [5.41, 5.74) is 0. The largest absolute Gasteiger partial charge is 2.00 e. The van der Waals surface area contributed by atoms with E-state index in [1.807, 2.05) is 0 Å². The molecule has 6 nitrogen and oxygen atoms in total. The fourth-order valence-electron chi connectivity index (χ4n) is 0. The van der Waals surface area contributed by atoms with Crippen LogP contribution in [0.3, 0.4) is 0 Å². The summed E-state index contributed by atoms with van der Waals surface area (Å²) in [6.45, 7) is 0. The molecule has 0 aliphatic heterocycles. The van der Waals surface area contributed by atoms with Gasteiger partial charge in [0.15, 0.2) is 0 Å². The molecule has 0 aromatic heterocycles. The second kappa shape index (κ2) is 29.3. The van der Waals surface area contributed by atoms with Crippen molar-refractivity contribution in [3.05, 3.63) is 0 Å². The molecule has 0 heterocycles. The second-order valence-corrected chi connectivity index (χ2v) is 0.577.